The molecule has 0 bridgehead atoms. The predicted molar refractivity (Wildman–Crippen MR) is 60.6 cm³/mol. The minimum absolute atomic E-state index is 0.449. The fraction of sp³-hybridized carbons (Fsp3) is 0.364. The quantitative estimate of drug-likeness (QED) is 0.773. The third kappa shape index (κ3) is 1.36. The number of nitrogens with zero attached hydrogens (tertiary/aromatic N) is 4. The number of hydrogen-bond acceptors (Lipinski definition) is 4. The predicted octanol–water partition coefficient (Wildman–Crippen LogP) is 1.65. The third-order valence-corrected chi connectivity index (χ3v) is 3.12. The Morgan fingerprint density at radius 2 is 2.06 bits per heavy atom. The summed E-state index contributed by atoms with van der Waals surface area (Å²) in [5, 5.41) is 11.9. The van der Waals surface area contributed by atoms with Crippen LogP contribution in [0.2, 0.25) is 0 Å². The molecule has 1 aromatic carbocycles. The number of rotatable bonds is 2. The molecule has 1 aliphatic carbocycles. The summed E-state index contributed by atoms with van der Waals surface area (Å²) in [6.45, 7) is 0. The van der Waals surface area contributed by atoms with E-state index in [4.69, 9.17) is 5.73 Å². The van der Waals surface area contributed by atoms with Crippen LogP contribution in [0.3, 0.4) is 0 Å². The van der Waals surface area contributed by atoms with Crippen LogP contribution in [0, 0.1) is 0 Å². The van der Waals surface area contributed by atoms with Crippen molar-refractivity contribution in [3.8, 4) is 11.4 Å². The molecule has 1 aliphatic rings. The lowest BCUT2D eigenvalue weighted by molar-refractivity contribution is 0.287. The molecular formula is C11H13N5. The fourth-order valence-corrected chi connectivity index (χ4v) is 1.95. The summed E-state index contributed by atoms with van der Waals surface area (Å²) >= 11 is 0. The summed E-state index contributed by atoms with van der Waals surface area (Å²) in [4.78, 5) is 0. The molecule has 3 rings (SSSR count). The molecule has 5 nitrogen and oxygen atoms in total. The molecule has 1 saturated carbocycles. The molecule has 1 aromatic heterocycles. The highest BCUT2D eigenvalue weighted by atomic mass is 15.6. The van der Waals surface area contributed by atoms with E-state index >= 15 is 0 Å². The summed E-state index contributed by atoms with van der Waals surface area (Å²) in [6, 6.07) is 8.14. The molecule has 0 aliphatic heterocycles. The second kappa shape index (κ2) is 3.59. The van der Waals surface area contributed by atoms with Gasteiger partial charge in [0.15, 0.2) is 5.82 Å². The van der Waals surface area contributed by atoms with E-state index in [0.29, 0.717) is 6.04 Å². The first-order chi connectivity index (χ1) is 7.86. The Kier molecular flexibility index (Phi) is 2.09. The van der Waals surface area contributed by atoms with Crippen molar-refractivity contribution in [2.75, 3.05) is 5.73 Å². The Bertz CT molecular complexity index is 501. The number of anilines is 1. The summed E-state index contributed by atoms with van der Waals surface area (Å²) in [5.74, 6) is 0.780. The molecule has 1 heterocycles. The largest absolute Gasteiger partial charge is 0.398 e. The molecule has 5 heteroatoms. The molecule has 0 amide bonds. The maximum atomic E-state index is 5.93. The van der Waals surface area contributed by atoms with E-state index in [1.165, 1.54) is 6.42 Å². The van der Waals surface area contributed by atoms with Gasteiger partial charge in [0.05, 0.1) is 6.04 Å². The van der Waals surface area contributed by atoms with Crippen LogP contribution < -0.4 is 5.73 Å². The summed E-state index contributed by atoms with van der Waals surface area (Å²) in [7, 11) is 0. The van der Waals surface area contributed by atoms with Crippen LogP contribution in [-0.2, 0) is 0 Å². The SMILES string of the molecule is Nc1ccccc1-c1nnnn1C1CCC1. The lowest BCUT2D eigenvalue weighted by atomic mass is 9.93. The second-order valence-electron chi connectivity index (χ2n) is 4.12. The monoisotopic (exact) mass is 215 g/mol. The number of hydrogen-bond donors (Lipinski definition) is 1. The topological polar surface area (TPSA) is 69.6 Å². The van der Waals surface area contributed by atoms with Gasteiger partial charge in [-0.05, 0) is 41.8 Å². The molecule has 0 atom stereocenters. The fourth-order valence-electron chi connectivity index (χ4n) is 1.95. The van der Waals surface area contributed by atoms with E-state index < -0.39 is 0 Å². The van der Waals surface area contributed by atoms with Gasteiger partial charge in [0.25, 0.3) is 0 Å². The first kappa shape index (κ1) is 9.33. The molecular weight excluding hydrogens is 202 g/mol. The van der Waals surface area contributed by atoms with Crippen LogP contribution >= 0.6 is 0 Å². The Labute approximate surface area is 93.3 Å². The van der Waals surface area contributed by atoms with Crippen molar-refractivity contribution in [3.05, 3.63) is 24.3 Å². The minimum Gasteiger partial charge on any atom is -0.398 e. The molecule has 2 N–H and O–H groups in total. The van der Waals surface area contributed by atoms with Gasteiger partial charge in [-0.3, -0.25) is 0 Å². The van der Waals surface area contributed by atoms with Crippen molar-refractivity contribution in [2.45, 2.75) is 25.3 Å². The van der Waals surface area contributed by atoms with Crippen molar-refractivity contribution in [1.82, 2.24) is 20.2 Å². The van der Waals surface area contributed by atoms with Crippen molar-refractivity contribution in [1.29, 1.82) is 0 Å². The Morgan fingerprint density at radius 3 is 2.75 bits per heavy atom. The van der Waals surface area contributed by atoms with E-state index in [2.05, 4.69) is 15.5 Å². The number of para-hydroxylation sites is 1. The Balaban J connectivity index is 2.06. The maximum absolute atomic E-state index is 5.93. The molecule has 0 radical (unpaired) electrons. The van der Waals surface area contributed by atoms with E-state index in [1.54, 1.807) is 0 Å². The van der Waals surface area contributed by atoms with Gasteiger partial charge in [-0.15, -0.1) is 5.10 Å². The van der Waals surface area contributed by atoms with Crippen LogP contribution in [0.25, 0.3) is 11.4 Å². The van der Waals surface area contributed by atoms with Gasteiger partial charge < -0.3 is 5.73 Å². The highest BCUT2D eigenvalue weighted by Gasteiger charge is 2.24. The molecule has 2 aromatic rings. The van der Waals surface area contributed by atoms with Crippen molar-refractivity contribution in [3.63, 3.8) is 0 Å². The van der Waals surface area contributed by atoms with Gasteiger partial charge in [0.1, 0.15) is 0 Å². The van der Waals surface area contributed by atoms with Crippen molar-refractivity contribution in [2.24, 2.45) is 0 Å². The molecule has 0 unspecified atom stereocenters. The molecule has 1 fully saturated rings. The smallest absolute Gasteiger partial charge is 0.184 e. The number of nitrogen functional groups attached to an aromatic ring is 1. The zero-order valence-electron chi connectivity index (χ0n) is 8.87. The van der Waals surface area contributed by atoms with Crippen LogP contribution in [0.1, 0.15) is 25.3 Å². The minimum atomic E-state index is 0.449. The average molecular weight is 215 g/mol. The van der Waals surface area contributed by atoms with Gasteiger partial charge in [-0.1, -0.05) is 12.1 Å². The van der Waals surface area contributed by atoms with E-state index in [-0.39, 0.29) is 0 Å². The van der Waals surface area contributed by atoms with Gasteiger partial charge >= 0.3 is 0 Å². The highest BCUT2D eigenvalue weighted by molar-refractivity contribution is 5.71. The lowest BCUT2D eigenvalue weighted by Crippen LogP contribution is -2.19. The average Bonchev–Trinajstić information content (AvgIpc) is 2.65. The van der Waals surface area contributed by atoms with Gasteiger partial charge in [-0.25, -0.2) is 4.68 Å². The molecule has 0 saturated heterocycles. The number of tetrazole rings is 1. The van der Waals surface area contributed by atoms with Crippen LogP contribution in [0.4, 0.5) is 5.69 Å². The van der Waals surface area contributed by atoms with Gasteiger partial charge in [-0.2, -0.15) is 0 Å². The first-order valence-corrected chi connectivity index (χ1v) is 5.49. The molecule has 0 spiro atoms. The lowest BCUT2D eigenvalue weighted by Gasteiger charge is -2.25. The van der Waals surface area contributed by atoms with Crippen LogP contribution in [0.5, 0.6) is 0 Å². The van der Waals surface area contributed by atoms with Crippen LogP contribution in [0.15, 0.2) is 24.3 Å². The van der Waals surface area contributed by atoms with Crippen molar-refractivity contribution >= 4 is 5.69 Å². The highest BCUT2D eigenvalue weighted by Crippen LogP contribution is 2.34. The van der Waals surface area contributed by atoms with E-state index in [9.17, 15) is 0 Å². The third-order valence-electron chi connectivity index (χ3n) is 3.12. The standard InChI is InChI=1S/C11H13N5/c12-10-7-2-1-6-9(10)11-13-14-15-16(11)8-4-3-5-8/h1-2,6-8H,3-5,12H2. The van der Waals surface area contributed by atoms with E-state index in [1.807, 2.05) is 28.9 Å². The van der Waals surface area contributed by atoms with Crippen molar-refractivity contribution < 1.29 is 0 Å². The summed E-state index contributed by atoms with van der Waals surface area (Å²) in [6.07, 6.45) is 3.57. The maximum Gasteiger partial charge on any atom is 0.184 e. The Morgan fingerprint density at radius 1 is 1.25 bits per heavy atom. The second-order valence-corrected chi connectivity index (χ2v) is 4.12. The first-order valence-electron chi connectivity index (χ1n) is 5.49. The van der Waals surface area contributed by atoms with Crippen LogP contribution in [-0.4, -0.2) is 20.2 Å². The van der Waals surface area contributed by atoms with Gasteiger partial charge in [0, 0.05) is 11.3 Å². The van der Waals surface area contributed by atoms with Gasteiger partial charge in [0.2, 0.25) is 0 Å². The number of nitrogens with two attached hydrogens (primary N) is 1. The zero-order valence-corrected chi connectivity index (χ0v) is 8.87. The normalized spacial score (nSPS) is 16.0. The zero-order chi connectivity index (χ0) is 11.0. The Hall–Kier alpha value is -1.91. The molecule has 16 heavy (non-hydrogen) atoms. The summed E-state index contributed by atoms with van der Waals surface area (Å²) < 4.78 is 1.90. The summed E-state index contributed by atoms with van der Waals surface area (Å²) in [5.41, 5.74) is 7.57. The number of aromatic nitrogens is 4. The number of benzene rings is 1. The van der Waals surface area contributed by atoms with E-state index in [0.717, 1.165) is 29.9 Å². The molecule has 82 valence electrons.